The van der Waals surface area contributed by atoms with Gasteiger partial charge in [-0.25, -0.2) is 4.98 Å². The molecule has 0 aliphatic heterocycles. The molecule has 7 heteroatoms. The zero-order chi connectivity index (χ0) is 16.2. The van der Waals surface area contributed by atoms with Crippen LogP contribution in [0.5, 0.6) is 0 Å². The van der Waals surface area contributed by atoms with Gasteiger partial charge in [0.2, 0.25) is 5.56 Å². The molecule has 2 N–H and O–H groups in total. The molecule has 0 saturated carbocycles. The highest BCUT2D eigenvalue weighted by atomic mass is 32.2. The van der Waals surface area contributed by atoms with Gasteiger partial charge in [0.15, 0.2) is 5.16 Å². The summed E-state index contributed by atoms with van der Waals surface area (Å²) in [6.45, 7) is 0. The van der Waals surface area contributed by atoms with E-state index in [1.54, 1.807) is 18.0 Å². The van der Waals surface area contributed by atoms with Crippen molar-refractivity contribution in [3.05, 3.63) is 70.9 Å². The highest BCUT2D eigenvalue weighted by molar-refractivity contribution is 7.99. The maximum atomic E-state index is 12.1. The first-order valence-corrected chi connectivity index (χ1v) is 7.69. The molecule has 1 aromatic carbocycles. The van der Waals surface area contributed by atoms with Gasteiger partial charge in [-0.2, -0.15) is 0 Å². The van der Waals surface area contributed by atoms with Gasteiger partial charge in [-0.15, -0.1) is 0 Å². The van der Waals surface area contributed by atoms with Crippen LogP contribution in [-0.4, -0.2) is 20.4 Å². The van der Waals surface area contributed by atoms with Crippen LogP contribution in [0.3, 0.4) is 0 Å². The van der Waals surface area contributed by atoms with E-state index in [1.807, 2.05) is 42.1 Å². The van der Waals surface area contributed by atoms with E-state index >= 15 is 0 Å². The molecule has 23 heavy (non-hydrogen) atoms. The number of imidazole rings is 1. The summed E-state index contributed by atoms with van der Waals surface area (Å²) >= 11 is 1.55. The Morgan fingerprint density at radius 1 is 1.22 bits per heavy atom. The standard InChI is InChI=1S/C16H14N4O2S/c1-20-9-8-17-16(20)23-13-5-3-12(4-6-13)19-15(22)11-2-7-14(21)18-10-11/h2-10H,1H3,(H,18,21)(H,19,22). The molecule has 0 aliphatic rings. The Hall–Kier alpha value is -2.80. The van der Waals surface area contributed by atoms with Crippen molar-refractivity contribution < 1.29 is 4.79 Å². The van der Waals surface area contributed by atoms with E-state index < -0.39 is 0 Å². The van der Waals surface area contributed by atoms with Crippen LogP contribution in [0.15, 0.2) is 69.8 Å². The number of rotatable bonds is 4. The molecule has 0 spiro atoms. The molecule has 0 aliphatic carbocycles. The highest BCUT2D eigenvalue weighted by Gasteiger charge is 2.07. The summed E-state index contributed by atoms with van der Waals surface area (Å²) in [6.07, 6.45) is 5.03. The molecule has 3 rings (SSSR count). The third-order valence-corrected chi connectivity index (χ3v) is 4.23. The molecule has 0 unspecified atom stereocenters. The third kappa shape index (κ3) is 3.70. The van der Waals surface area contributed by atoms with Crippen molar-refractivity contribution in [2.45, 2.75) is 10.1 Å². The smallest absolute Gasteiger partial charge is 0.257 e. The Balaban J connectivity index is 1.67. The van der Waals surface area contributed by atoms with E-state index in [2.05, 4.69) is 15.3 Å². The van der Waals surface area contributed by atoms with E-state index in [0.29, 0.717) is 11.3 Å². The number of aromatic nitrogens is 3. The van der Waals surface area contributed by atoms with Crippen molar-refractivity contribution >= 4 is 23.4 Å². The summed E-state index contributed by atoms with van der Waals surface area (Å²) < 4.78 is 1.94. The first-order chi connectivity index (χ1) is 11.1. The Bertz CT molecular complexity index is 863. The Kier molecular flexibility index (Phi) is 4.29. The lowest BCUT2D eigenvalue weighted by Gasteiger charge is -2.06. The zero-order valence-electron chi connectivity index (χ0n) is 12.3. The largest absolute Gasteiger partial charge is 0.329 e. The molecule has 0 atom stereocenters. The quantitative estimate of drug-likeness (QED) is 0.772. The van der Waals surface area contributed by atoms with Crippen molar-refractivity contribution in [2.24, 2.45) is 7.05 Å². The number of H-pyrrole nitrogens is 1. The molecule has 116 valence electrons. The van der Waals surface area contributed by atoms with Gasteiger partial charge in [0, 0.05) is 42.3 Å². The monoisotopic (exact) mass is 326 g/mol. The molecule has 3 aromatic rings. The number of hydrogen-bond acceptors (Lipinski definition) is 4. The van der Waals surface area contributed by atoms with Crippen molar-refractivity contribution in [1.29, 1.82) is 0 Å². The van der Waals surface area contributed by atoms with Gasteiger partial charge in [0.1, 0.15) is 0 Å². The average molecular weight is 326 g/mol. The maximum absolute atomic E-state index is 12.1. The number of carbonyl (C=O) groups excluding carboxylic acids is 1. The molecule has 2 heterocycles. The van der Waals surface area contributed by atoms with Gasteiger partial charge >= 0.3 is 0 Å². The predicted octanol–water partition coefficient (Wildman–Crippen LogP) is 2.51. The van der Waals surface area contributed by atoms with E-state index in [4.69, 9.17) is 0 Å². The van der Waals surface area contributed by atoms with Gasteiger partial charge in [-0.1, -0.05) is 11.8 Å². The van der Waals surface area contributed by atoms with Gasteiger partial charge < -0.3 is 14.9 Å². The molecule has 0 fully saturated rings. The van der Waals surface area contributed by atoms with E-state index in [9.17, 15) is 9.59 Å². The van der Waals surface area contributed by atoms with E-state index in [0.717, 1.165) is 10.1 Å². The average Bonchev–Trinajstić information content (AvgIpc) is 2.95. The Morgan fingerprint density at radius 3 is 2.61 bits per heavy atom. The fraction of sp³-hybridized carbons (Fsp3) is 0.0625. The van der Waals surface area contributed by atoms with Crippen LogP contribution >= 0.6 is 11.8 Å². The molecule has 0 radical (unpaired) electrons. The first kappa shape index (κ1) is 15.1. The topological polar surface area (TPSA) is 79.8 Å². The number of aryl methyl sites for hydroxylation is 1. The second kappa shape index (κ2) is 6.53. The van der Waals surface area contributed by atoms with E-state index in [-0.39, 0.29) is 11.5 Å². The molecular formula is C16H14N4O2S. The number of nitrogens with zero attached hydrogens (tertiary/aromatic N) is 2. The van der Waals surface area contributed by atoms with Crippen molar-refractivity contribution in [1.82, 2.24) is 14.5 Å². The van der Waals surface area contributed by atoms with Gasteiger partial charge in [-0.05, 0) is 30.3 Å². The third-order valence-electron chi connectivity index (χ3n) is 3.14. The minimum absolute atomic E-state index is 0.239. The van der Waals surface area contributed by atoms with E-state index in [1.165, 1.54) is 18.3 Å². The minimum atomic E-state index is -0.272. The molecule has 6 nitrogen and oxygen atoms in total. The van der Waals surface area contributed by atoms with Crippen molar-refractivity contribution in [3.63, 3.8) is 0 Å². The molecule has 0 saturated heterocycles. The summed E-state index contributed by atoms with van der Waals surface area (Å²) in [5, 5.41) is 3.68. The zero-order valence-corrected chi connectivity index (χ0v) is 13.1. The maximum Gasteiger partial charge on any atom is 0.257 e. The van der Waals surface area contributed by atoms with Crippen LogP contribution in [0, 0.1) is 0 Å². The summed E-state index contributed by atoms with van der Waals surface area (Å²) in [7, 11) is 1.94. The molecular weight excluding hydrogens is 312 g/mol. The SMILES string of the molecule is Cn1ccnc1Sc1ccc(NC(=O)c2ccc(=O)[nH]c2)cc1. The molecule has 1 amide bonds. The summed E-state index contributed by atoms with van der Waals surface area (Å²) in [5.41, 5.74) is 0.846. The molecule has 0 bridgehead atoms. The summed E-state index contributed by atoms with van der Waals surface area (Å²) in [4.78, 5) is 30.8. The number of anilines is 1. The van der Waals surface area contributed by atoms with Crippen molar-refractivity contribution in [3.8, 4) is 0 Å². The fourth-order valence-electron chi connectivity index (χ4n) is 1.92. The second-order valence-corrected chi connectivity index (χ2v) is 5.88. The number of amides is 1. The number of hydrogen-bond donors (Lipinski definition) is 2. The number of pyridine rings is 1. The van der Waals surface area contributed by atoms with Crippen LogP contribution in [0.4, 0.5) is 5.69 Å². The number of benzene rings is 1. The number of aromatic amines is 1. The van der Waals surface area contributed by atoms with Crippen LogP contribution in [0.25, 0.3) is 0 Å². The van der Waals surface area contributed by atoms with Crippen LogP contribution in [0.1, 0.15) is 10.4 Å². The van der Waals surface area contributed by atoms with Gasteiger partial charge in [-0.3, -0.25) is 9.59 Å². The second-order valence-electron chi connectivity index (χ2n) is 4.84. The van der Waals surface area contributed by atoms with Crippen LogP contribution in [0.2, 0.25) is 0 Å². The number of nitrogens with one attached hydrogen (secondary N) is 2. The first-order valence-electron chi connectivity index (χ1n) is 6.87. The van der Waals surface area contributed by atoms with Crippen LogP contribution < -0.4 is 10.9 Å². The van der Waals surface area contributed by atoms with Gasteiger partial charge in [0.25, 0.3) is 5.91 Å². The van der Waals surface area contributed by atoms with Gasteiger partial charge in [0.05, 0.1) is 5.56 Å². The molecule has 2 aromatic heterocycles. The van der Waals surface area contributed by atoms with Crippen LogP contribution in [-0.2, 0) is 7.05 Å². The fourth-order valence-corrected chi connectivity index (χ4v) is 2.72. The lowest BCUT2D eigenvalue weighted by Crippen LogP contribution is -2.14. The highest BCUT2D eigenvalue weighted by Crippen LogP contribution is 2.26. The predicted molar refractivity (Wildman–Crippen MR) is 88.8 cm³/mol. The number of carbonyl (C=O) groups is 1. The summed E-state index contributed by atoms with van der Waals surface area (Å²) in [6, 6.07) is 10.3. The Morgan fingerprint density at radius 2 is 2.00 bits per heavy atom. The lowest BCUT2D eigenvalue weighted by atomic mass is 10.2. The normalized spacial score (nSPS) is 10.5. The minimum Gasteiger partial charge on any atom is -0.329 e. The lowest BCUT2D eigenvalue weighted by molar-refractivity contribution is 0.102. The van der Waals surface area contributed by atoms with Crippen molar-refractivity contribution in [2.75, 3.05) is 5.32 Å². The summed E-state index contributed by atoms with van der Waals surface area (Å²) in [5.74, 6) is -0.272. The Labute approximate surface area is 136 Å².